The highest BCUT2D eigenvalue weighted by molar-refractivity contribution is 7.09. The number of benzene rings is 2. The molecule has 2 aromatic carbocycles. The predicted molar refractivity (Wildman–Crippen MR) is 96.9 cm³/mol. The first kappa shape index (κ1) is 15.3. The van der Waals surface area contributed by atoms with E-state index in [1.54, 1.807) is 11.3 Å². The fraction of sp³-hybridized carbons (Fsp3) is 0.105. The molecule has 0 unspecified atom stereocenters. The summed E-state index contributed by atoms with van der Waals surface area (Å²) in [6.45, 7) is 0.633. The Hall–Kier alpha value is -2.59. The Morgan fingerprint density at radius 2 is 1.61 bits per heavy atom. The molecule has 0 bridgehead atoms. The monoisotopic (exact) mass is 322 g/mol. The molecule has 0 aliphatic rings. The van der Waals surface area contributed by atoms with Crippen LogP contribution >= 0.6 is 11.3 Å². The van der Waals surface area contributed by atoms with Crippen molar-refractivity contribution in [3.05, 3.63) is 77.0 Å². The molecule has 0 spiro atoms. The lowest BCUT2D eigenvalue weighted by atomic mass is 10.1. The highest BCUT2D eigenvalue weighted by Gasteiger charge is 2.02. The van der Waals surface area contributed by atoms with Gasteiger partial charge in [0.25, 0.3) is 0 Å². The molecule has 4 heteroatoms. The largest absolute Gasteiger partial charge is 0.338 e. The lowest BCUT2D eigenvalue weighted by Gasteiger charge is -2.08. The lowest BCUT2D eigenvalue weighted by Crippen LogP contribution is -2.30. The van der Waals surface area contributed by atoms with E-state index >= 15 is 0 Å². The van der Waals surface area contributed by atoms with Gasteiger partial charge >= 0.3 is 6.03 Å². The number of nitrogens with one attached hydrogen (secondary N) is 2. The van der Waals surface area contributed by atoms with E-state index in [-0.39, 0.29) is 6.03 Å². The van der Waals surface area contributed by atoms with Crippen molar-refractivity contribution in [3.63, 3.8) is 0 Å². The van der Waals surface area contributed by atoms with Crippen LogP contribution in [0.25, 0.3) is 11.1 Å². The molecule has 116 valence electrons. The number of carbonyl (C=O) groups excluding carboxylic acids is 1. The number of carbonyl (C=O) groups is 1. The van der Waals surface area contributed by atoms with Crippen molar-refractivity contribution in [2.75, 3.05) is 11.9 Å². The molecule has 3 aromatic rings. The summed E-state index contributed by atoms with van der Waals surface area (Å²) in [4.78, 5) is 13.2. The van der Waals surface area contributed by atoms with Gasteiger partial charge in [-0.05, 0) is 41.1 Å². The quantitative estimate of drug-likeness (QED) is 0.697. The molecular formula is C19H18N2OS. The Bertz CT molecular complexity index is 737. The smallest absolute Gasteiger partial charge is 0.319 e. The molecule has 0 saturated carbocycles. The van der Waals surface area contributed by atoms with Gasteiger partial charge in [-0.3, -0.25) is 0 Å². The van der Waals surface area contributed by atoms with Gasteiger partial charge in [0.2, 0.25) is 0 Å². The van der Waals surface area contributed by atoms with Crippen LogP contribution < -0.4 is 10.6 Å². The highest BCUT2D eigenvalue weighted by Crippen LogP contribution is 2.20. The Morgan fingerprint density at radius 1 is 0.870 bits per heavy atom. The van der Waals surface area contributed by atoms with E-state index in [2.05, 4.69) is 28.8 Å². The summed E-state index contributed by atoms with van der Waals surface area (Å²) >= 11 is 1.71. The van der Waals surface area contributed by atoms with Crippen molar-refractivity contribution < 1.29 is 4.79 Å². The van der Waals surface area contributed by atoms with Crippen LogP contribution in [-0.2, 0) is 6.42 Å². The summed E-state index contributed by atoms with van der Waals surface area (Å²) in [7, 11) is 0. The zero-order valence-electron chi connectivity index (χ0n) is 12.7. The molecule has 2 N–H and O–H groups in total. The van der Waals surface area contributed by atoms with Gasteiger partial charge in [-0.1, -0.05) is 48.5 Å². The molecule has 3 rings (SSSR count). The van der Waals surface area contributed by atoms with Crippen molar-refractivity contribution in [2.24, 2.45) is 0 Å². The van der Waals surface area contributed by atoms with Crippen molar-refractivity contribution in [1.82, 2.24) is 5.32 Å². The molecule has 0 aliphatic carbocycles. The molecule has 23 heavy (non-hydrogen) atoms. The Kier molecular flexibility index (Phi) is 5.06. The zero-order chi connectivity index (χ0) is 15.9. The Labute approximate surface area is 140 Å². The van der Waals surface area contributed by atoms with Gasteiger partial charge < -0.3 is 10.6 Å². The molecule has 0 atom stereocenters. The van der Waals surface area contributed by atoms with Crippen LogP contribution in [0, 0.1) is 0 Å². The molecule has 0 radical (unpaired) electrons. The van der Waals surface area contributed by atoms with Crippen molar-refractivity contribution in [3.8, 4) is 11.1 Å². The number of anilines is 1. The van der Waals surface area contributed by atoms with E-state index in [9.17, 15) is 4.79 Å². The maximum atomic E-state index is 11.9. The zero-order valence-corrected chi connectivity index (χ0v) is 13.5. The number of urea groups is 1. The molecular weight excluding hydrogens is 304 g/mol. The average Bonchev–Trinajstić information content (AvgIpc) is 3.10. The van der Waals surface area contributed by atoms with E-state index in [4.69, 9.17) is 0 Å². The van der Waals surface area contributed by atoms with Crippen LogP contribution in [-0.4, -0.2) is 12.6 Å². The second-order valence-electron chi connectivity index (χ2n) is 5.15. The van der Waals surface area contributed by atoms with Gasteiger partial charge in [0, 0.05) is 17.1 Å². The van der Waals surface area contributed by atoms with E-state index < -0.39 is 0 Å². The maximum Gasteiger partial charge on any atom is 0.319 e. The van der Waals surface area contributed by atoms with Crippen molar-refractivity contribution in [2.45, 2.75) is 6.42 Å². The highest BCUT2D eigenvalue weighted by atomic mass is 32.1. The van der Waals surface area contributed by atoms with E-state index in [0.29, 0.717) is 6.54 Å². The second kappa shape index (κ2) is 7.61. The molecule has 0 aliphatic heterocycles. The van der Waals surface area contributed by atoms with Gasteiger partial charge in [0.1, 0.15) is 0 Å². The first-order chi connectivity index (χ1) is 11.3. The van der Waals surface area contributed by atoms with Gasteiger partial charge in [-0.15, -0.1) is 11.3 Å². The Balaban J connectivity index is 1.50. The predicted octanol–water partition coefficient (Wildman–Crippen LogP) is 4.78. The second-order valence-corrected chi connectivity index (χ2v) is 6.19. The number of amides is 2. The molecule has 3 nitrogen and oxygen atoms in total. The fourth-order valence-electron chi connectivity index (χ4n) is 2.31. The summed E-state index contributed by atoms with van der Waals surface area (Å²) in [6.07, 6.45) is 0.859. The van der Waals surface area contributed by atoms with E-state index in [0.717, 1.165) is 17.7 Å². The number of hydrogen-bond donors (Lipinski definition) is 2. The van der Waals surface area contributed by atoms with Crippen LogP contribution in [0.1, 0.15) is 4.88 Å². The summed E-state index contributed by atoms with van der Waals surface area (Å²) in [5.41, 5.74) is 3.09. The van der Waals surface area contributed by atoms with E-state index in [1.807, 2.05) is 53.9 Å². The van der Waals surface area contributed by atoms with Crippen LogP contribution in [0.2, 0.25) is 0 Å². The first-order valence-electron chi connectivity index (χ1n) is 7.54. The van der Waals surface area contributed by atoms with Crippen molar-refractivity contribution in [1.29, 1.82) is 0 Å². The molecule has 1 aromatic heterocycles. The third-order valence-electron chi connectivity index (χ3n) is 3.49. The van der Waals surface area contributed by atoms with Crippen molar-refractivity contribution >= 4 is 23.1 Å². The number of hydrogen-bond acceptors (Lipinski definition) is 2. The Morgan fingerprint density at radius 3 is 2.30 bits per heavy atom. The third kappa shape index (κ3) is 4.44. The standard InChI is InChI=1S/C19H18N2OS/c22-19(20-13-12-18-7-4-14-23-18)21-17-10-8-16(9-11-17)15-5-2-1-3-6-15/h1-11,14H,12-13H2,(H2,20,21,22). The summed E-state index contributed by atoms with van der Waals surface area (Å²) in [5, 5.41) is 7.77. The normalized spacial score (nSPS) is 10.3. The molecule has 0 saturated heterocycles. The minimum atomic E-state index is -0.172. The minimum Gasteiger partial charge on any atom is -0.338 e. The first-order valence-corrected chi connectivity index (χ1v) is 8.42. The van der Waals surface area contributed by atoms with Crippen LogP contribution in [0.15, 0.2) is 72.1 Å². The maximum absolute atomic E-state index is 11.9. The summed E-state index contributed by atoms with van der Waals surface area (Å²) in [5.74, 6) is 0. The lowest BCUT2D eigenvalue weighted by molar-refractivity contribution is 0.252. The van der Waals surface area contributed by atoms with Gasteiger partial charge in [0.15, 0.2) is 0 Å². The van der Waals surface area contributed by atoms with E-state index in [1.165, 1.54) is 10.4 Å². The SMILES string of the molecule is O=C(NCCc1cccs1)Nc1ccc(-c2ccccc2)cc1. The molecule has 1 heterocycles. The van der Waals surface area contributed by atoms with Gasteiger partial charge in [-0.2, -0.15) is 0 Å². The van der Waals surface area contributed by atoms with Crippen LogP contribution in [0.4, 0.5) is 10.5 Å². The fourth-order valence-corrected chi connectivity index (χ4v) is 3.01. The topological polar surface area (TPSA) is 41.1 Å². The number of rotatable bonds is 5. The summed E-state index contributed by atoms with van der Waals surface area (Å²) in [6, 6.07) is 22.0. The van der Waals surface area contributed by atoms with Gasteiger partial charge in [-0.25, -0.2) is 4.79 Å². The van der Waals surface area contributed by atoms with Crippen LogP contribution in [0.5, 0.6) is 0 Å². The molecule has 2 amide bonds. The number of thiophene rings is 1. The van der Waals surface area contributed by atoms with Crippen LogP contribution in [0.3, 0.4) is 0 Å². The average molecular weight is 322 g/mol. The summed E-state index contributed by atoms with van der Waals surface area (Å²) < 4.78 is 0. The third-order valence-corrected chi connectivity index (χ3v) is 4.42. The minimum absolute atomic E-state index is 0.172. The van der Waals surface area contributed by atoms with Gasteiger partial charge in [0.05, 0.1) is 0 Å². The molecule has 0 fully saturated rings.